The van der Waals surface area contributed by atoms with Crippen molar-refractivity contribution in [1.82, 2.24) is 15.3 Å². The number of halogens is 1. The van der Waals surface area contributed by atoms with Crippen molar-refractivity contribution >= 4 is 28.2 Å². The molecule has 2 aliphatic rings. The van der Waals surface area contributed by atoms with E-state index in [-0.39, 0.29) is 23.7 Å². The fourth-order valence-electron chi connectivity index (χ4n) is 4.19. The Morgan fingerprint density at radius 1 is 1.27 bits per heavy atom. The van der Waals surface area contributed by atoms with Crippen molar-refractivity contribution in [3.05, 3.63) is 35.9 Å². The fraction of sp³-hybridized carbons (Fsp3) is 0.348. The van der Waals surface area contributed by atoms with E-state index >= 15 is 4.39 Å². The molecule has 33 heavy (non-hydrogen) atoms. The summed E-state index contributed by atoms with van der Waals surface area (Å²) < 4.78 is 31.4. The number of amides is 1. The summed E-state index contributed by atoms with van der Waals surface area (Å²) in [4.78, 5) is 20.7. The summed E-state index contributed by atoms with van der Waals surface area (Å²) in [5.41, 5.74) is 8.49. The third-order valence-corrected chi connectivity index (χ3v) is 6.16. The van der Waals surface area contributed by atoms with Crippen LogP contribution in [0, 0.1) is 12.7 Å². The highest BCUT2D eigenvalue weighted by molar-refractivity contribution is 5.98. The molecule has 5 rings (SSSR count). The van der Waals surface area contributed by atoms with Gasteiger partial charge in [-0.15, -0.1) is 0 Å². The highest BCUT2D eigenvalue weighted by Gasteiger charge is 2.30. The second-order valence-electron chi connectivity index (χ2n) is 8.21. The highest BCUT2D eigenvalue weighted by Crippen LogP contribution is 2.39. The number of aromatic nitrogens is 2. The molecule has 9 nitrogen and oxygen atoms in total. The molecule has 172 valence electrons. The summed E-state index contributed by atoms with van der Waals surface area (Å²) in [5.74, 6) is 0.0238. The van der Waals surface area contributed by atoms with Crippen molar-refractivity contribution in [1.29, 1.82) is 0 Å². The average molecular weight is 453 g/mol. The van der Waals surface area contributed by atoms with Gasteiger partial charge in [0.15, 0.2) is 5.82 Å². The van der Waals surface area contributed by atoms with Crippen molar-refractivity contribution in [2.75, 3.05) is 31.3 Å². The zero-order valence-corrected chi connectivity index (χ0v) is 18.3. The number of ether oxygens (including phenoxy) is 3. The van der Waals surface area contributed by atoms with Crippen molar-refractivity contribution in [3.63, 3.8) is 0 Å². The molecule has 4 N–H and O–H groups in total. The van der Waals surface area contributed by atoms with Gasteiger partial charge in [0.1, 0.15) is 12.3 Å². The molecule has 1 aliphatic carbocycles. The summed E-state index contributed by atoms with van der Waals surface area (Å²) >= 11 is 0. The fourth-order valence-corrected chi connectivity index (χ4v) is 4.19. The number of fused-ring (bicyclic) bond motifs is 2. The second kappa shape index (κ2) is 8.36. The summed E-state index contributed by atoms with van der Waals surface area (Å²) in [6.45, 7) is 3.03. The molecule has 10 heteroatoms. The standard InChI is InChI=1S/C23H24FN5O4/c1-11-16(9-28-22-21(11)26-3-4-32-22)15-5-12-6-18(27-10-17(12)20(25)19(15)24)33-23(30)29-13-7-14(8-13)31-2/h5-6,9-10,13-14,26H,3-4,7-8,25H2,1-2H3,(H,29,30). The van der Waals surface area contributed by atoms with Crippen LogP contribution in [0.2, 0.25) is 0 Å². The molecule has 1 aromatic carbocycles. The zero-order valence-electron chi connectivity index (χ0n) is 18.3. The average Bonchev–Trinajstić information content (AvgIpc) is 2.79. The van der Waals surface area contributed by atoms with Crippen LogP contribution in [0.25, 0.3) is 21.9 Å². The van der Waals surface area contributed by atoms with Crippen LogP contribution in [-0.4, -0.2) is 48.5 Å². The van der Waals surface area contributed by atoms with Crippen LogP contribution >= 0.6 is 0 Å². The van der Waals surface area contributed by atoms with Gasteiger partial charge >= 0.3 is 6.09 Å². The first-order chi connectivity index (χ1) is 15.9. The molecular weight excluding hydrogens is 429 g/mol. The maximum atomic E-state index is 15.3. The van der Waals surface area contributed by atoms with E-state index in [0.717, 1.165) is 24.1 Å². The number of nitrogens with one attached hydrogen (secondary N) is 2. The van der Waals surface area contributed by atoms with Crippen LogP contribution in [0.1, 0.15) is 18.4 Å². The van der Waals surface area contributed by atoms with Crippen LogP contribution in [0.3, 0.4) is 0 Å². The molecule has 1 aliphatic heterocycles. The smallest absolute Gasteiger partial charge is 0.414 e. The number of nitrogen functional groups attached to an aromatic ring is 1. The van der Waals surface area contributed by atoms with Crippen molar-refractivity contribution in [2.24, 2.45) is 0 Å². The number of nitrogens with zero attached hydrogens (tertiary/aromatic N) is 2. The van der Waals surface area contributed by atoms with Gasteiger partial charge < -0.3 is 30.6 Å². The van der Waals surface area contributed by atoms with Crippen molar-refractivity contribution in [3.8, 4) is 22.9 Å². The Morgan fingerprint density at radius 2 is 2.09 bits per heavy atom. The number of nitrogens with two attached hydrogens (primary N) is 1. The van der Waals surface area contributed by atoms with E-state index in [9.17, 15) is 4.79 Å². The van der Waals surface area contributed by atoms with Gasteiger partial charge in [-0.1, -0.05) is 0 Å². The third kappa shape index (κ3) is 3.86. The number of methoxy groups -OCH3 is 1. The Bertz CT molecular complexity index is 1250. The van der Waals surface area contributed by atoms with E-state index < -0.39 is 11.9 Å². The molecule has 0 unspecified atom stereocenters. The molecule has 3 heterocycles. The Hall–Kier alpha value is -3.66. The number of benzene rings is 1. The number of hydrogen-bond acceptors (Lipinski definition) is 8. The normalized spacial score (nSPS) is 19.1. The molecule has 2 aromatic heterocycles. The number of pyridine rings is 2. The molecule has 1 fully saturated rings. The van der Waals surface area contributed by atoms with Crippen molar-refractivity contribution in [2.45, 2.75) is 31.9 Å². The first-order valence-corrected chi connectivity index (χ1v) is 10.7. The van der Waals surface area contributed by atoms with E-state index in [4.69, 9.17) is 19.9 Å². The Morgan fingerprint density at radius 3 is 2.88 bits per heavy atom. The van der Waals surface area contributed by atoms with Crippen LogP contribution in [0.4, 0.5) is 20.6 Å². The Labute approximate surface area is 189 Å². The third-order valence-electron chi connectivity index (χ3n) is 6.16. The molecule has 0 radical (unpaired) electrons. The van der Waals surface area contributed by atoms with Gasteiger partial charge in [-0.3, -0.25) is 0 Å². The predicted octanol–water partition coefficient (Wildman–Crippen LogP) is 3.40. The first kappa shape index (κ1) is 21.2. The zero-order chi connectivity index (χ0) is 23.1. The van der Waals surface area contributed by atoms with Crippen LogP contribution in [-0.2, 0) is 4.74 Å². The minimum absolute atomic E-state index is 0.0105. The van der Waals surface area contributed by atoms with Gasteiger partial charge in [0.25, 0.3) is 0 Å². The SMILES string of the molecule is COC1CC(NC(=O)Oc2cc3cc(-c4cnc5c(c4C)NCCO5)c(F)c(N)c3cn2)C1. The maximum absolute atomic E-state index is 15.3. The lowest BCUT2D eigenvalue weighted by atomic mass is 9.89. The van der Waals surface area contributed by atoms with E-state index in [1.165, 1.54) is 6.20 Å². The van der Waals surface area contributed by atoms with E-state index in [1.807, 2.05) is 6.92 Å². The highest BCUT2D eigenvalue weighted by atomic mass is 19.1. The van der Waals surface area contributed by atoms with Gasteiger partial charge in [-0.25, -0.2) is 19.2 Å². The molecular formula is C23H24FN5O4. The Kier molecular flexibility index (Phi) is 5.37. The van der Waals surface area contributed by atoms with Gasteiger partial charge in [0, 0.05) is 54.7 Å². The predicted molar refractivity (Wildman–Crippen MR) is 121 cm³/mol. The lowest BCUT2D eigenvalue weighted by molar-refractivity contribution is 0.0188. The first-order valence-electron chi connectivity index (χ1n) is 10.7. The minimum Gasteiger partial charge on any atom is -0.474 e. The molecule has 0 atom stereocenters. The number of anilines is 2. The molecule has 0 spiro atoms. The lowest BCUT2D eigenvalue weighted by Gasteiger charge is -2.33. The number of carbonyl (C=O) groups excluding carboxylic acids is 1. The molecule has 1 amide bonds. The second-order valence-corrected chi connectivity index (χ2v) is 8.21. The quantitative estimate of drug-likeness (QED) is 0.514. The lowest BCUT2D eigenvalue weighted by Crippen LogP contribution is -2.48. The van der Waals surface area contributed by atoms with Gasteiger partial charge in [-0.05, 0) is 36.8 Å². The van der Waals surface area contributed by atoms with Crippen LogP contribution < -0.4 is 25.8 Å². The van der Waals surface area contributed by atoms with Gasteiger partial charge in [0.2, 0.25) is 11.8 Å². The van der Waals surface area contributed by atoms with Crippen molar-refractivity contribution < 1.29 is 23.4 Å². The van der Waals surface area contributed by atoms with Crippen LogP contribution in [0.5, 0.6) is 11.8 Å². The maximum Gasteiger partial charge on any atom is 0.414 e. The molecule has 3 aromatic rings. The number of carbonyl (C=O) groups is 1. The largest absolute Gasteiger partial charge is 0.474 e. The summed E-state index contributed by atoms with van der Waals surface area (Å²) in [5, 5.41) is 7.05. The summed E-state index contributed by atoms with van der Waals surface area (Å²) in [7, 11) is 1.65. The Balaban J connectivity index is 1.45. The monoisotopic (exact) mass is 453 g/mol. The minimum atomic E-state index is -0.600. The van der Waals surface area contributed by atoms with E-state index in [2.05, 4.69) is 20.6 Å². The van der Waals surface area contributed by atoms with Gasteiger partial charge in [-0.2, -0.15) is 0 Å². The number of rotatable bonds is 4. The summed E-state index contributed by atoms with van der Waals surface area (Å²) in [6, 6.07) is 3.23. The molecule has 0 bridgehead atoms. The number of hydrogen-bond donors (Lipinski definition) is 3. The van der Waals surface area contributed by atoms with E-state index in [0.29, 0.717) is 40.9 Å². The van der Waals surface area contributed by atoms with E-state index in [1.54, 1.807) is 25.4 Å². The van der Waals surface area contributed by atoms with Crippen LogP contribution in [0.15, 0.2) is 24.5 Å². The summed E-state index contributed by atoms with van der Waals surface area (Å²) in [6.07, 6.45) is 4.01. The molecule has 1 saturated carbocycles. The molecule has 0 saturated heterocycles. The topological polar surface area (TPSA) is 121 Å². The van der Waals surface area contributed by atoms with Gasteiger partial charge in [0.05, 0.1) is 11.8 Å².